The summed E-state index contributed by atoms with van der Waals surface area (Å²) in [5.41, 5.74) is 0. The molecular formula is C30H52BrCs2FN2O17. The monoisotopic (exact) mass is 1080 g/mol. The van der Waals surface area contributed by atoms with Crippen molar-refractivity contribution in [1.29, 1.82) is 0 Å². The van der Waals surface area contributed by atoms with Gasteiger partial charge in [-0.15, -0.1) is 0 Å². The van der Waals surface area contributed by atoms with Crippen molar-refractivity contribution < 1.29 is 227 Å². The number of hydrogen-bond acceptors (Lipinski definition) is 16. The summed E-state index contributed by atoms with van der Waals surface area (Å²) in [5, 5.41) is 16.6. The molecule has 300 valence electrons. The molecule has 0 aromatic heterocycles. The Balaban J connectivity index is -0.0000000974. The third-order valence-electron chi connectivity index (χ3n) is 5.02. The van der Waals surface area contributed by atoms with Crippen molar-refractivity contribution in [2.75, 3.05) is 46.5 Å². The summed E-state index contributed by atoms with van der Waals surface area (Å²) < 4.78 is 38.8. The Bertz CT molecular complexity index is 1060. The van der Waals surface area contributed by atoms with Gasteiger partial charge in [0.15, 0.2) is 18.2 Å². The average molecular weight is 1080 g/mol. The first-order chi connectivity index (χ1) is 24.3. The average Bonchev–Trinajstić information content (AvgIpc) is 3.05. The minimum Gasteiger partial charge on any atom is -1.00 e. The number of ether oxygens (including phenoxy) is 5. The van der Waals surface area contributed by atoms with E-state index in [0.717, 1.165) is 0 Å². The molecule has 0 saturated carbocycles. The van der Waals surface area contributed by atoms with Crippen molar-refractivity contribution >= 4 is 70.0 Å². The molecule has 2 amide bonds. The smallest absolute Gasteiger partial charge is 1.00 e. The zero-order chi connectivity index (χ0) is 41.7. The van der Waals surface area contributed by atoms with Crippen LogP contribution in [0.4, 0.5) is 4.39 Å². The molecule has 0 aromatic rings. The number of amides is 2. The number of aliphatic carboxylic acids is 1. The molecule has 0 heterocycles. The number of esters is 5. The molecule has 0 aliphatic heterocycles. The number of carbonyl (C=O) groups is 9. The zero-order valence-corrected chi connectivity index (χ0v) is 46.3. The van der Waals surface area contributed by atoms with E-state index in [0.29, 0.717) is 26.2 Å². The number of hydrogen-bond donors (Lipinski definition) is 1. The van der Waals surface area contributed by atoms with Crippen LogP contribution in [0.3, 0.4) is 0 Å². The van der Waals surface area contributed by atoms with E-state index in [1.54, 1.807) is 6.92 Å². The van der Waals surface area contributed by atoms with Gasteiger partial charge in [0.05, 0.1) is 34.2 Å². The van der Waals surface area contributed by atoms with Crippen LogP contribution in [0.25, 0.3) is 0 Å². The summed E-state index contributed by atoms with van der Waals surface area (Å²) in [6.45, 7) is 14.3. The molecule has 2 atom stereocenters. The number of carboxylic acid groups (broad SMARTS) is 1. The van der Waals surface area contributed by atoms with Crippen molar-refractivity contribution in [2.24, 2.45) is 0 Å². The number of carbonyl (C=O) groups excluding carboxylic acids is 8. The molecule has 0 fully saturated rings. The summed E-state index contributed by atoms with van der Waals surface area (Å²) >= 11 is 3.03. The SMILES string of the molecule is CC(=O)OC(C)Br.CCN(CC)C(=O)COC(=O)CCC(=O)O.CCN(CC)C(=O)COC(=O)CCC(=O)OC(C)OC(C)=O.O=CO[O-].[2H]CF.[Cs+].[Cs+].[H-]. The Labute approximate surface area is 438 Å². The summed E-state index contributed by atoms with van der Waals surface area (Å²) in [7, 11) is -1.00. The summed E-state index contributed by atoms with van der Waals surface area (Å²) in [5.74, 6) is -4.48. The third kappa shape index (κ3) is 53.8. The van der Waals surface area contributed by atoms with E-state index in [-0.39, 0.29) is 207 Å². The topological polar surface area (TPSA) is 259 Å². The number of likely N-dealkylation sites (N-methyl/N-ethyl adjacent to an activating group) is 2. The first kappa shape index (κ1) is 64.6. The normalized spacial score (nSPS) is 10.1. The van der Waals surface area contributed by atoms with Gasteiger partial charge in [-0.2, -0.15) is 0 Å². The van der Waals surface area contributed by atoms with Crippen molar-refractivity contribution in [3.63, 3.8) is 0 Å². The van der Waals surface area contributed by atoms with E-state index in [2.05, 4.69) is 35.0 Å². The van der Waals surface area contributed by atoms with Gasteiger partial charge in [-0.3, -0.25) is 47.5 Å². The number of carboxylic acids is 1. The van der Waals surface area contributed by atoms with E-state index in [4.69, 9.17) is 26.0 Å². The molecule has 0 bridgehead atoms. The first-order valence-electron chi connectivity index (χ1n) is 15.8. The van der Waals surface area contributed by atoms with Gasteiger partial charge >= 0.3 is 174 Å². The van der Waals surface area contributed by atoms with Crippen molar-refractivity contribution in [3.8, 4) is 0 Å². The van der Waals surface area contributed by atoms with Crippen LogP contribution in [-0.4, -0.2) is 127 Å². The van der Waals surface area contributed by atoms with Crippen molar-refractivity contribution in [1.82, 2.24) is 9.80 Å². The number of alkyl halides is 2. The van der Waals surface area contributed by atoms with Gasteiger partial charge in [-0.1, -0.05) is 0 Å². The molecule has 0 aliphatic carbocycles. The quantitative estimate of drug-likeness (QED) is 0.0257. The second kappa shape index (κ2) is 47.9. The maximum absolute atomic E-state index is 11.6. The maximum Gasteiger partial charge on any atom is 1.00 e. The molecule has 2 unspecified atom stereocenters. The fourth-order valence-electron chi connectivity index (χ4n) is 2.91. The fourth-order valence-corrected chi connectivity index (χ4v) is 3.17. The van der Waals surface area contributed by atoms with Crippen LogP contribution in [0.5, 0.6) is 0 Å². The predicted molar refractivity (Wildman–Crippen MR) is 177 cm³/mol. The molecule has 53 heavy (non-hydrogen) atoms. The van der Waals surface area contributed by atoms with Crippen LogP contribution in [0, 0.1) is 0 Å². The largest absolute Gasteiger partial charge is 1.00 e. The molecule has 23 heteroatoms. The Kier molecular flexibility index (Phi) is 58.3. The van der Waals surface area contributed by atoms with Crippen molar-refractivity contribution in [3.05, 3.63) is 0 Å². The second-order valence-electron chi connectivity index (χ2n) is 8.86. The van der Waals surface area contributed by atoms with E-state index < -0.39 is 43.3 Å². The van der Waals surface area contributed by atoms with Gasteiger partial charge in [0.2, 0.25) is 6.29 Å². The molecule has 1 N–H and O–H groups in total. The van der Waals surface area contributed by atoms with Gasteiger partial charge in [-0.25, -0.2) is 0 Å². The summed E-state index contributed by atoms with van der Waals surface area (Å²) in [4.78, 5) is 102. The van der Waals surface area contributed by atoms with E-state index >= 15 is 0 Å². The molecule has 0 aromatic carbocycles. The molecule has 0 radical (unpaired) electrons. The summed E-state index contributed by atoms with van der Waals surface area (Å²) in [6, 6.07) is 0. The molecule has 0 spiro atoms. The Morgan fingerprint density at radius 1 is 0.755 bits per heavy atom. The van der Waals surface area contributed by atoms with Crippen LogP contribution in [0.2, 0.25) is 0 Å². The van der Waals surface area contributed by atoms with Crippen molar-refractivity contribution in [2.45, 2.75) is 92.4 Å². The Morgan fingerprint density at radius 2 is 1.08 bits per heavy atom. The minimum absolute atomic E-state index is 0. The standard InChI is InChI=1S/C14H23NO7.C10H17NO5.C4H7BrO2.CH3F.CH2O3.2Cs.H/c1-5-15(6-2)12(17)9-20-13(18)7-8-14(19)22-11(4)21-10(3)16;1-3-11(4-2)8(12)7-16-10(15)6-5-9(13)14;1-3(5)7-4(2)6;1-2;2-1-4-3;;;/h11H,5-9H2,1-4H3;3-7H2,1-2H3,(H,13,14);3H,1-2H3;1H3;1,3H;;;/q;;;;;2*+1;-1/p-1/i;;;1D;;;;. The molecule has 0 saturated heterocycles. The zero-order valence-electron chi connectivity index (χ0n) is 34.1. The van der Waals surface area contributed by atoms with Crippen LogP contribution >= 0.6 is 15.9 Å². The fraction of sp³-hybridized carbons (Fsp3) is 0.700. The van der Waals surface area contributed by atoms with Crippen LogP contribution in [-0.2, 0) is 71.7 Å². The molecular weight excluding hydrogens is 1030 g/mol. The second-order valence-corrected chi connectivity index (χ2v) is 10.1. The number of halogens is 2. The molecule has 0 rings (SSSR count). The van der Waals surface area contributed by atoms with Gasteiger partial charge in [-0.05, 0) is 50.5 Å². The minimum atomic E-state index is -1.06. The van der Waals surface area contributed by atoms with E-state index in [1.807, 2.05) is 27.7 Å². The van der Waals surface area contributed by atoms with E-state index in [9.17, 15) is 42.7 Å². The molecule has 0 aliphatic rings. The third-order valence-corrected chi connectivity index (χ3v) is 5.21. The number of rotatable bonds is 18. The van der Waals surface area contributed by atoms with Gasteiger partial charge in [0.1, 0.15) is 0 Å². The van der Waals surface area contributed by atoms with Gasteiger partial charge in [0, 0.05) is 47.0 Å². The predicted octanol–water partition coefficient (Wildman–Crippen LogP) is -4.68. The van der Waals surface area contributed by atoms with Crippen LogP contribution < -0.4 is 143 Å². The van der Waals surface area contributed by atoms with Gasteiger partial charge < -0.3 is 50.2 Å². The van der Waals surface area contributed by atoms with E-state index in [1.165, 1.54) is 30.6 Å². The Hall–Kier alpha value is -0.296. The first-order valence-corrected chi connectivity index (χ1v) is 16.0. The molecule has 19 nitrogen and oxygen atoms in total. The van der Waals surface area contributed by atoms with Crippen LogP contribution in [0.15, 0.2) is 0 Å². The van der Waals surface area contributed by atoms with Crippen LogP contribution in [0.1, 0.15) is 83.9 Å². The maximum atomic E-state index is 11.6. The van der Waals surface area contributed by atoms with Gasteiger partial charge in [0.25, 0.3) is 18.3 Å². The number of nitrogens with zero attached hydrogens (tertiary/aromatic N) is 2. The summed E-state index contributed by atoms with van der Waals surface area (Å²) in [6.07, 6.45) is -1.93. The Morgan fingerprint density at radius 3 is 1.32 bits per heavy atom.